The molecule has 0 fully saturated rings. The number of nitrogens with two attached hydrogens (primary N) is 1. The van der Waals surface area contributed by atoms with Crippen LogP contribution in [-0.2, 0) is 6.42 Å². The quantitative estimate of drug-likeness (QED) is 0.718. The van der Waals surface area contributed by atoms with Crippen LogP contribution < -0.4 is 5.73 Å². The van der Waals surface area contributed by atoms with Crippen molar-refractivity contribution in [2.75, 3.05) is 5.73 Å². The molecule has 0 amide bonds. The summed E-state index contributed by atoms with van der Waals surface area (Å²) >= 11 is 0. The number of nitrogen functional groups attached to an aromatic ring is 1. The molecule has 2 aromatic heterocycles. The lowest BCUT2D eigenvalue weighted by Crippen LogP contribution is -1.96. The Balaban J connectivity index is 2.46. The van der Waals surface area contributed by atoms with Gasteiger partial charge in [-0.1, -0.05) is 25.5 Å². The fourth-order valence-corrected chi connectivity index (χ4v) is 2.64. The van der Waals surface area contributed by atoms with E-state index in [0.29, 0.717) is 5.82 Å². The molecule has 0 aliphatic heterocycles. The van der Waals surface area contributed by atoms with Gasteiger partial charge in [-0.3, -0.25) is 0 Å². The number of nitrogens with zero attached hydrogens (tertiary/aromatic N) is 1. The summed E-state index contributed by atoms with van der Waals surface area (Å²) < 4.78 is 0. The third-order valence-corrected chi connectivity index (χ3v) is 3.40. The van der Waals surface area contributed by atoms with Gasteiger partial charge in [0.15, 0.2) is 0 Å². The zero-order valence-corrected chi connectivity index (χ0v) is 10.7. The lowest BCUT2D eigenvalue weighted by Gasteiger charge is -2.03. The SMILES string of the molecule is CCCc1nc(N)cc2c1[nH]c1cccc(C)c12. The van der Waals surface area contributed by atoms with Gasteiger partial charge in [-0.15, -0.1) is 0 Å². The first-order valence-corrected chi connectivity index (χ1v) is 6.37. The normalized spacial score (nSPS) is 11.4. The van der Waals surface area contributed by atoms with Crippen molar-refractivity contribution in [1.29, 1.82) is 0 Å². The van der Waals surface area contributed by atoms with Gasteiger partial charge in [-0.2, -0.15) is 0 Å². The number of benzene rings is 1. The molecule has 0 radical (unpaired) electrons. The van der Waals surface area contributed by atoms with Crippen molar-refractivity contribution in [2.24, 2.45) is 0 Å². The van der Waals surface area contributed by atoms with Crippen LogP contribution in [0.1, 0.15) is 24.6 Å². The first-order valence-electron chi connectivity index (χ1n) is 6.37. The van der Waals surface area contributed by atoms with E-state index in [-0.39, 0.29) is 0 Å². The fourth-order valence-electron chi connectivity index (χ4n) is 2.64. The third kappa shape index (κ3) is 1.55. The largest absolute Gasteiger partial charge is 0.384 e. The van der Waals surface area contributed by atoms with Crippen molar-refractivity contribution < 1.29 is 0 Å². The fraction of sp³-hybridized carbons (Fsp3) is 0.267. The monoisotopic (exact) mass is 239 g/mol. The molecule has 3 aromatic rings. The van der Waals surface area contributed by atoms with Crippen molar-refractivity contribution in [3.8, 4) is 0 Å². The smallest absolute Gasteiger partial charge is 0.124 e. The van der Waals surface area contributed by atoms with Gasteiger partial charge in [0.2, 0.25) is 0 Å². The highest BCUT2D eigenvalue weighted by Gasteiger charge is 2.11. The van der Waals surface area contributed by atoms with Gasteiger partial charge in [0.25, 0.3) is 0 Å². The summed E-state index contributed by atoms with van der Waals surface area (Å²) in [6, 6.07) is 8.28. The molecule has 0 unspecified atom stereocenters. The molecule has 0 aliphatic rings. The number of nitrogens with one attached hydrogen (secondary N) is 1. The molecule has 0 saturated heterocycles. The van der Waals surface area contributed by atoms with E-state index >= 15 is 0 Å². The van der Waals surface area contributed by atoms with E-state index in [1.807, 2.05) is 6.07 Å². The zero-order chi connectivity index (χ0) is 12.7. The van der Waals surface area contributed by atoms with Crippen molar-refractivity contribution in [1.82, 2.24) is 9.97 Å². The Morgan fingerprint density at radius 1 is 1.33 bits per heavy atom. The van der Waals surface area contributed by atoms with E-state index in [1.165, 1.54) is 16.3 Å². The molecule has 0 spiro atoms. The molecule has 3 N–H and O–H groups in total. The van der Waals surface area contributed by atoms with E-state index in [0.717, 1.165) is 29.6 Å². The predicted molar refractivity (Wildman–Crippen MR) is 76.7 cm³/mol. The maximum Gasteiger partial charge on any atom is 0.124 e. The van der Waals surface area contributed by atoms with Crippen LogP contribution in [0.5, 0.6) is 0 Å². The standard InChI is InChI=1S/C15H17N3/c1-3-5-12-15-10(8-13(16)17-12)14-9(2)6-4-7-11(14)18-15/h4,6-8,18H,3,5H2,1-2H3,(H2,16,17). The molecular formula is C15H17N3. The van der Waals surface area contributed by atoms with Crippen molar-refractivity contribution in [2.45, 2.75) is 26.7 Å². The average molecular weight is 239 g/mol. The molecule has 3 heteroatoms. The number of aromatic amines is 1. The molecule has 2 heterocycles. The summed E-state index contributed by atoms with van der Waals surface area (Å²) in [6.07, 6.45) is 2.02. The van der Waals surface area contributed by atoms with Gasteiger partial charge in [-0.05, 0) is 31.0 Å². The Labute approximate surface area is 106 Å². The number of hydrogen-bond donors (Lipinski definition) is 2. The highest BCUT2D eigenvalue weighted by molar-refractivity contribution is 6.10. The molecule has 0 saturated carbocycles. The Morgan fingerprint density at radius 3 is 2.94 bits per heavy atom. The number of rotatable bonds is 2. The summed E-state index contributed by atoms with van der Waals surface area (Å²) in [7, 11) is 0. The van der Waals surface area contributed by atoms with E-state index in [4.69, 9.17) is 5.73 Å². The van der Waals surface area contributed by atoms with Gasteiger partial charge >= 0.3 is 0 Å². The predicted octanol–water partition coefficient (Wildman–Crippen LogP) is 3.56. The van der Waals surface area contributed by atoms with Gasteiger partial charge in [0.05, 0.1) is 11.2 Å². The molecule has 0 bridgehead atoms. The maximum atomic E-state index is 5.93. The number of pyridine rings is 1. The Hall–Kier alpha value is -2.03. The number of aromatic nitrogens is 2. The number of fused-ring (bicyclic) bond motifs is 3. The second-order valence-corrected chi connectivity index (χ2v) is 4.79. The Kier molecular flexibility index (Phi) is 2.47. The molecule has 0 atom stereocenters. The van der Waals surface area contributed by atoms with Crippen LogP contribution in [0.15, 0.2) is 24.3 Å². The lowest BCUT2D eigenvalue weighted by molar-refractivity contribution is 0.893. The number of aryl methyl sites for hydroxylation is 2. The molecule has 0 aliphatic carbocycles. The summed E-state index contributed by atoms with van der Waals surface area (Å²) in [5, 5.41) is 2.46. The average Bonchev–Trinajstić information content (AvgIpc) is 2.69. The number of anilines is 1. The summed E-state index contributed by atoms with van der Waals surface area (Å²) in [5.74, 6) is 0.607. The number of hydrogen-bond acceptors (Lipinski definition) is 2. The van der Waals surface area contributed by atoms with Crippen molar-refractivity contribution >= 4 is 27.6 Å². The van der Waals surface area contributed by atoms with Crippen LogP contribution in [0.25, 0.3) is 21.8 Å². The molecule has 3 nitrogen and oxygen atoms in total. The minimum absolute atomic E-state index is 0.607. The van der Waals surface area contributed by atoms with Crippen LogP contribution in [0.2, 0.25) is 0 Å². The van der Waals surface area contributed by atoms with Crippen molar-refractivity contribution in [3.63, 3.8) is 0 Å². The van der Waals surface area contributed by atoms with E-state index in [1.54, 1.807) is 0 Å². The lowest BCUT2D eigenvalue weighted by atomic mass is 10.1. The highest BCUT2D eigenvalue weighted by Crippen LogP contribution is 2.30. The molecular weight excluding hydrogens is 222 g/mol. The number of H-pyrrole nitrogens is 1. The van der Waals surface area contributed by atoms with Gasteiger partial charge in [-0.25, -0.2) is 4.98 Å². The molecule has 18 heavy (non-hydrogen) atoms. The molecule has 3 rings (SSSR count). The van der Waals surface area contributed by atoms with Gasteiger partial charge in [0, 0.05) is 16.3 Å². The minimum atomic E-state index is 0.607. The van der Waals surface area contributed by atoms with Gasteiger partial charge < -0.3 is 10.7 Å². The molecule has 1 aromatic carbocycles. The van der Waals surface area contributed by atoms with Crippen LogP contribution in [0.4, 0.5) is 5.82 Å². The Morgan fingerprint density at radius 2 is 2.17 bits per heavy atom. The van der Waals surface area contributed by atoms with Crippen LogP contribution in [0.3, 0.4) is 0 Å². The van der Waals surface area contributed by atoms with Crippen molar-refractivity contribution in [3.05, 3.63) is 35.5 Å². The first-order chi connectivity index (χ1) is 8.70. The summed E-state index contributed by atoms with van der Waals surface area (Å²) in [6.45, 7) is 4.29. The Bertz CT molecular complexity index is 725. The second kappa shape index (κ2) is 4.02. The maximum absolute atomic E-state index is 5.93. The molecule has 92 valence electrons. The van der Waals surface area contributed by atoms with E-state index in [9.17, 15) is 0 Å². The van der Waals surface area contributed by atoms with Gasteiger partial charge in [0.1, 0.15) is 5.82 Å². The van der Waals surface area contributed by atoms with Crippen LogP contribution in [-0.4, -0.2) is 9.97 Å². The zero-order valence-electron chi connectivity index (χ0n) is 10.7. The first kappa shape index (κ1) is 11.1. The summed E-state index contributed by atoms with van der Waals surface area (Å²) in [4.78, 5) is 7.94. The minimum Gasteiger partial charge on any atom is -0.384 e. The summed E-state index contributed by atoms with van der Waals surface area (Å²) in [5.41, 5.74) is 10.6. The van der Waals surface area contributed by atoms with E-state index in [2.05, 4.69) is 42.0 Å². The van der Waals surface area contributed by atoms with Crippen LogP contribution >= 0.6 is 0 Å². The topological polar surface area (TPSA) is 54.7 Å². The second-order valence-electron chi connectivity index (χ2n) is 4.79. The van der Waals surface area contributed by atoms with Crippen LogP contribution in [0, 0.1) is 6.92 Å². The van der Waals surface area contributed by atoms with E-state index < -0.39 is 0 Å². The third-order valence-electron chi connectivity index (χ3n) is 3.40. The highest BCUT2D eigenvalue weighted by atomic mass is 14.9.